The van der Waals surface area contributed by atoms with Gasteiger partial charge in [-0.1, -0.05) is 19.8 Å². The first-order valence-electron chi connectivity index (χ1n) is 8.05. The van der Waals surface area contributed by atoms with Crippen LogP contribution in [0, 0.1) is 5.41 Å². The van der Waals surface area contributed by atoms with Crippen LogP contribution < -0.4 is 10.6 Å². The van der Waals surface area contributed by atoms with Gasteiger partial charge in [-0.05, 0) is 37.5 Å². The zero-order chi connectivity index (χ0) is 14.0. The van der Waals surface area contributed by atoms with Crippen LogP contribution in [0.15, 0.2) is 6.07 Å². The predicted molar refractivity (Wildman–Crippen MR) is 83.2 cm³/mol. The van der Waals surface area contributed by atoms with Gasteiger partial charge < -0.3 is 10.6 Å². The highest BCUT2D eigenvalue weighted by Crippen LogP contribution is 2.41. The molecule has 1 heterocycles. The lowest BCUT2D eigenvalue weighted by Crippen LogP contribution is -2.26. The molecule has 0 spiro atoms. The van der Waals surface area contributed by atoms with Gasteiger partial charge in [-0.3, -0.25) is 0 Å². The summed E-state index contributed by atoms with van der Waals surface area (Å²) in [6.45, 7) is 3.37. The lowest BCUT2D eigenvalue weighted by atomic mass is 9.83. The summed E-state index contributed by atoms with van der Waals surface area (Å²) in [5, 5.41) is 6.74. The van der Waals surface area contributed by atoms with E-state index < -0.39 is 0 Å². The largest absolute Gasteiger partial charge is 0.373 e. The van der Waals surface area contributed by atoms with Gasteiger partial charge in [-0.25, -0.2) is 9.97 Å². The van der Waals surface area contributed by atoms with Crippen molar-refractivity contribution in [2.45, 2.75) is 57.8 Å². The summed E-state index contributed by atoms with van der Waals surface area (Å²) in [6, 6.07) is 2.03. The normalized spacial score (nSPS) is 20.9. The zero-order valence-electron chi connectivity index (χ0n) is 12.7. The smallest absolute Gasteiger partial charge is 0.136 e. The highest BCUT2D eigenvalue weighted by Gasteiger charge is 2.32. The number of hydrogen-bond donors (Lipinski definition) is 2. The van der Waals surface area contributed by atoms with E-state index in [0.29, 0.717) is 11.3 Å². The fourth-order valence-electron chi connectivity index (χ4n) is 3.27. The number of anilines is 2. The molecule has 2 aliphatic carbocycles. The Bertz CT molecular complexity index is 462. The first kappa shape index (κ1) is 13.7. The first-order valence-corrected chi connectivity index (χ1v) is 8.05. The molecule has 0 aromatic carbocycles. The van der Waals surface area contributed by atoms with Crippen molar-refractivity contribution in [3.63, 3.8) is 0 Å². The minimum Gasteiger partial charge on any atom is -0.373 e. The maximum Gasteiger partial charge on any atom is 0.136 e. The number of nitrogens with one attached hydrogen (secondary N) is 2. The Kier molecular flexibility index (Phi) is 3.81. The summed E-state index contributed by atoms with van der Waals surface area (Å²) < 4.78 is 0. The van der Waals surface area contributed by atoms with Crippen molar-refractivity contribution in [2.75, 3.05) is 24.2 Å². The molecule has 0 radical (unpaired) electrons. The summed E-state index contributed by atoms with van der Waals surface area (Å²) in [5.74, 6) is 3.53. The van der Waals surface area contributed by atoms with E-state index in [9.17, 15) is 0 Å². The molecule has 4 heteroatoms. The second-order valence-corrected chi connectivity index (χ2v) is 6.44. The fraction of sp³-hybridized carbons (Fsp3) is 0.750. The van der Waals surface area contributed by atoms with Gasteiger partial charge in [0.15, 0.2) is 0 Å². The maximum absolute atomic E-state index is 4.71. The lowest BCUT2D eigenvalue weighted by molar-refractivity contribution is 0.306. The molecule has 0 saturated heterocycles. The number of hydrogen-bond acceptors (Lipinski definition) is 4. The third-order valence-corrected chi connectivity index (χ3v) is 5.00. The van der Waals surface area contributed by atoms with Gasteiger partial charge in [0.05, 0.1) is 0 Å². The van der Waals surface area contributed by atoms with Crippen LogP contribution in [-0.4, -0.2) is 23.6 Å². The van der Waals surface area contributed by atoms with Crippen LogP contribution >= 0.6 is 0 Å². The monoisotopic (exact) mass is 274 g/mol. The highest BCUT2D eigenvalue weighted by atomic mass is 15.1. The van der Waals surface area contributed by atoms with Crippen LogP contribution in [0.25, 0.3) is 0 Å². The molecule has 20 heavy (non-hydrogen) atoms. The zero-order valence-corrected chi connectivity index (χ0v) is 12.7. The maximum atomic E-state index is 4.71. The van der Waals surface area contributed by atoms with Gasteiger partial charge in [0.25, 0.3) is 0 Å². The quantitative estimate of drug-likeness (QED) is 0.829. The molecule has 0 aliphatic heterocycles. The average Bonchev–Trinajstić information content (AvgIpc) is 3.24. The number of nitrogens with zero attached hydrogens (tertiary/aromatic N) is 2. The van der Waals surface area contributed by atoms with Crippen molar-refractivity contribution in [2.24, 2.45) is 5.41 Å². The van der Waals surface area contributed by atoms with Crippen molar-refractivity contribution >= 4 is 11.6 Å². The molecular formula is C16H26N4. The molecule has 2 saturated carbocycles. The molecule has 0 atom stereocenters. The minimum absolute atomic E-state index is 0.491. The van der Waals surface area contributed by atoms with Crippen LogP contribution in [0.1, 0.15) is 63.6 Å². The van der Waals surface area contributed by atoms with Crippen molar-refractivity contribution in [3.8, 4) is 0 Å². The van der Waals surface area contributed by atoms with Crippen molar-refractivity contribution in [1.82, 2.24) is 9.97 Å². The van der Waals surface area contributed by atoms with E-state index in [0.717, 1.165) is 24.0 Å². The van der Waals surface area contributed by atoms with Crippen LogP contribution in [-0.2, 0) is 0 Å². The SMILES string of the molecule is CCC1(CNc2cc(NC)nc(C3CC3)n2)CCCC1. The molecule has 1 aromatic rings. The number of aromatic nitrogens is 2. The first-order chi connectivity index (χ1) is 9.74. The molecule has 0 amide bonds. The van der Waals surface area contributed by atoms with Crippen molar-refractivity contribution in [1.29, 1.82) is 0 Å². The Labute approximate surface area is 121 Å². The Morgan fingerprint density at radius 2 is 1.90 bits per heavy atom. The molecule has 2 N–H and O–H groups in total. The second kappa shape index (κ2) is 5.58. The van der Waals surface area contributed by atoms with Gasteiger partial charge in [-0.15, -0.1) is 0 Å². The molecule has 0 unspecified atom stereocenters. The topological polar surface area (TPSA) is 49.8 Å². The van der Waals surface area contributed by atoms with Crippen LogP contribution in [0.5, 0.6) is 0 Å². The van der Waals surface area contributed by atoms with Crippen molar-refractivity contribution < 1.29 is 0 Å². The Morgan fingerprint density at radius 1 is 1.20 bits per heavy atom. The molecule has 110 valence electrons. The summed E-state index contributed by atoms with van der Waals surface area (Å²) in [4.78, 5) is 9.28. The fourth-order valence-corrected chi connectivity index (χ4v) is 3.27. The van der Waals surface area contributed by atoms with E-state index in [1.165, 1.54) is 44.9 Å². The molecule has 4 nitrogen and oxygen atoms in total. The average molecular weight is 274 g/mol. The standard InChI is InChI=1S/C16H26N4/c1-3-16(8-4-5-9-16)11-18-14-10-13(17-2)19-15(20-14)12-6-7-12/h10,12H,3-9,11H2,1-2H3,(H2,17,18,19,20). The van der Waals surface area contributed by atoms with E-state index in [2.05, 4.69) is 22.5 Å². The third-order valence-electron chi connectivity index (χ3n) is 5.00. The Balaban J connectivity index is 1.71. The van der Waals surface area contributed by atoms with E-state index >= 15 is 0 Å². The van der Waals surface area contributed by atoms with Gasteiger partial charge >= 0.3 is 0 Å². The summed E-state index contributed by atoms with van der Waals surface area (Å²) >= 11 is 0. The second-order valence-electron chi connectivity index (χ2n) is 6.44. The van der Waals surface area contributed by atoms with E-state index in [1.54, 1.807) is 0 Å². The number of rotatable bonds is 6. The van der Waals surface area contributed by atoms with Crippen LogP contribution in [0.4, 0.5) is 11.6 Å². The van der Waals surface area contributed by atoms with Gasteiger partial charge in [0.2, 0.25) is 0 Å². The molecular weight excluding hydrogens is 248 g/mol. The van der Waals surface area contributed by atoms with E-state index in [-0.39, 0.29) is 0 Å². The molecule has 1 aromatic heterocycles. The predicted octanol–water partition coefficient (Wildman–Crippen LogP) is 3.78. The van der Waals surface area contributed by atoms with Gasteiger partial charge in [-0.2, -0.15) is 0 Å². The third kappa shape index (κ3) is 2.89. The Morgan fingerprint density at radius 3 is 2.50 bits per heavy atom. The van der Waals surface area contributed by atoms with E-state index in [4.69, 9.17) is 4.98 Å². The molecule has 0 bridgehead atoms. The molecule has 3 rings (SSSR count). The van der Waals surface area contributed by atoms with Crippen molar-refractivity contribution in [3.05, 3.63) is 11.9 Å². The molecule has 2 aliphatic rings. The minimum atomic E-state index is 0.491. The summed E-state index contributed by atoms with van der Waals surface area (Å²) in [5.41, 5.74) is 0.491. The lowest BCUT2D eigenvalue weighted by Gasteiger charge is -2.28. The van der Waals surface area contributed by atoms with Crippen LogP contribution in [0.3, 0.4) is 0 Å². The summed E-state index contributed by atoms with van der Waals surface area (Å²) in [6.07, 6.45) is 9.23. The molecule has 2 fully saturated rings. The van der Waals surface area contributed by atoms with Gasteiger partial charge in [0, 0.05) is 25.6 Å². The summed E-state index contributed by atoms with van der Waals surface area (Å²) in [7, 11) is 1.92. The van der Waals surface area contributed by atoms with Gasteiger partial charge in [0.1, 0.15) is 17.5 Å². The highest BCUT2D eigenvalue weighted by molar-refractivity contribution is 5.48. The van der Waals surface area contributed by atoms with E-state index in [1.807, 2.05) is 13.1 Å². The Hall–Kier alpha value is -1.32. The van der Waals surface area contributed by atoms with Crippen LogP contribution in [0.2, 0.25) is 0 Å².